The van der Waals surface area contributed by atoms with Crippen LogP contribution in [0.3, 0.4) is 0 Å². The van der Waals surface area contributed by atoms with Gasteiger partial charge < -0.3 is 4.52 Å². The van der Waals surface area contributed by atoms with Crippen molar-refractivity contribution in [1.29, 1.82) is 0 Å². The first-order valence-corrected chi connectivity index (χ1v) is 4.12. The summed E-state index contributed by atoms with van der Waals surface area (Å²) in [5, 5.41) is 11.0. The molecule has 0 spiro atoms. The monoisotopic (exact) mass is 199 g/mol. The maximum atomic E-state index is 5.65. The molecule has 0 aliphatic carbocycles. The molecule has 0 amide bonds. The lowest BCUT2D eigenvalue weighted by molar-refractivity contribution is 0.362. The Balaban J connectivity index is 2.18. The van der Waals surface area contributed by atoms with Gasteiger partial charge in [-0.3, -0.25) is 0 Å². The summed E-state index contributed by atoms with van der Waals surface area (Å²) >= 11 is 5.65. The van der Waals surface area contributed by atoms with E-state index in [4.69, 9.17) is 16.1 Å². The standard InChI is InChI=1S/C6H6ClN5O/c7-1-5-2-9-11-12(5)3-6-8-4-10-13-6/h2,4H,1,3H2. The average molecular weight is 200 g/mol. The van der Waals surface area contributed by atoms with Crippen molar-refractivity contribution in [1.82, 2.24) is 25.1 Å². The zero-order valence-electron chi connectivity index (χ0n) is 6.59. The van der Waals surface area contributed by atoms with Gasteiger partial charge in [-0.1, -0.05) is 10.4 Å². The third-order valence-corrected chi connectivity index (χ3v) is 1.80. The second kappa shape index (κ2) is 3.53. The molecule has 2 heterocycles. The summed E-state index contributed by atoms with van der Waals surface area (Å²) in [5.41, 5.74) is 0.819. The molecule has 2 aromatic heterocycles. The summed E-state index contributed by atoms with van der Waals surface area (Å²) in [6, 6.07) is 0. The molecule has 0 N–H and O–H groups in total. The molecule has 0 aliphatic heterocycles. The molecule has 6 nitrogen and oxygen atoms in total. The second-order valence-corrected chi connectivity index (χ2v) is 2.62. The Morgan fingerprint density at radius 2 is 2.46 bits per heavy atom. The van der Waals surface area contributed by atoms with Gasteiger partial charge in [-0.15, -0.1) is 16.7 Å². The van der Waals surface area contributed by atoms with Crippen LogP contribution in [0.2, 0.25) is 0 Å². The fraction of sp³-hybridized carbons (Fsp3) is 0.333. The molecule has 0 aromatic carbocycles. The molecule has 68 valence electrons. The molecule has 0 bridgehead atoms. The summed E-state index contributed by atoms with van der Waals surface area (Å²) < 4.78 is 6.43. The molecule has 2 rings (SSSR count). The summed E-state index contributed by atoms with van der Waals surface area (Å²) in [6.07, 6.45) is 2.94. The van der Waals surface area contributed by atoms with E-state index >= 15 is 0 Å². The van der Waals surface area contributed by atoms with Crippen molar-refractivity contribution >= 4 is 11.6 Å². The van der Waals surface area contributed by atoms with E-state index in [0.29, 0.717) is 18.3 Å². The molecule has 0 radical (unpaired) electrons. The highest BCUT2D eigenvalue weighted by Crippen LogP contribution is 2.03. The SMILES string of the molecule is ClCc1cnnn1Cc1ncno1. The lowest BCUT2D eigenvalue weighted by Gasteiger charge is -1.97. The van der Waals surface area contributed by atoms with Crippen LogP contribution in [0.1, 0.15) is 11.6 Å². The molecule has 7 heteroatoms. The molecule has 0 saturated carbocycles. The van der Waals surface area contributed by atoms with Crippen molar-refractivity contribution in [3.63, 3.8) is 0 Å². The molecule has 0 unspecified atom stereocenters. The topological polar surface area (TPSA) is 69.6 Å². The van der Waals surface area contributed by atoms with Gasteiger partial charge in [0.25, 0.3) is 0 Å². The summed E-state index contributed by atoms with van der Waals surface area (Å²) in [5.74, 6) is 0.845. The van der Waals surface area contributed by atoms with Crippen LogP contribution in [-0.4, -0.2) is 25.1 Å². The Bertz CT molecular complexity index is 370. The first-order valence-electron chi connectivity index (χ1n) is 3.59. The molecular weight excluding hydrogens is 194 g/mol. The fourth-order valence-electron chi connectivity index (χ4n) is 0.909. The van der Waals surface area contributed by atoms with Crippen LogP contribution in [0.4, 0.5) is 0 Å². The van der Waals surface area contributed by atoms with Gasteiger partial charge in [0.1, 0.15) is 6.54 Å². The zero-order valence-corrected chi connectivity index (χ0v) is 7.35. The predicted octanol–water partition coefficient (Wildman–Crippen LogP) is 0.448. The van der Waals surface area contributed by atoms with Crippen molar-refractivity contribution in [2.24, 2.45) is 0 Å². The Morgan fingerprint density at radius 3 is 3.15 bits per heavy atom. The van der Waals surface area contributed by atoms with E-state index in [1.54, 1.807) is 10.9 Å². The van der Waals surface area contributed by atoms with Gasteiger partial charge in [0, 0.05) is 0 Å². The molecular formula is C6H6ClN5O. The molecule has 0 fully saturated rings. The molecule has 13 heavy (non-hydrogen) atoms. The Kier molecular flexibility index (Phi) is 2.22. The Labute approximate surface area is 78.5 Å². The summed E-state index contributed by atoms with van der Waals surface area (Å²) in [4.78, 5) is 3.86. The van der Waals surface area contributed by atoms with Gasteiger partial charge in [0.2, 0.25) is 5.89 Å². The van der Waals surface area contributed by atoms with Gasteiger partial charge in [0.05, 0.1) is 17.8 Å². The Morgan fingerprint density at radius 1 is 1.54 bits per heavy atom. The molecule has 0 saturated heterocycles. The quantitative estimate of drug-likeness (QED) is 0.672. The Hall–Kier alpha value is -1.43. The largest absolute Gasteiger partial charge is 0.338 e. The van der Waals surface area contributed by atoms with Gasteiger partial charge in [-0.2, -0.15) is 4.98 Å². The van der Waals surface area contributed by atoms with E-state index in [2.05, 4.69) is 20.5 Å². The number of nitrogens with zero attached hydrogens (tertiary/aromatic N) is 5. The van der Waals surface area contributed by atoms with Crippen molar-refractivity contribution in [2.75, 3.05) is 0 Å². The van der Waals surface area contributed by atoms with Crippen molar-refractivity contribution in [3.05, 3.63) is 24.1 Å². The van der Waals surface area contributed by atoms with Crippen LogP contribution in [0.15, 0.2) is 17.0 Å². The van der Waals surface area contributed by atoms with Gasteiger partial charge >= 0.3 is 0 Å². The van der Waals surface area contributed by atoms with Gasteiger partial charge in [-0.25, -0.2) is 4.68 Å². The van der Waals surface area contributed by atoms with Crippen LogP contribution in [0, 0.1) is 0 Å². The second-order valence-electron chi connectivity index (χ2n) is 2.35. The highest BCUT2D eigenvalue weighted by molar-refractivity contribution is 6.16. The normalized spacial score (nSPS) is 10.5. The number of rotatable bonds is 3. The summed E-state index contributed by atoms with van der Waals surface area (Å²) in [7, 11) is 0. The van der Waals surface area contributed by atoms with Crippen LogP contribution in [0.5, 0.6) is 0 Å². The van der Waals surface area contributed by atoms with E-state index in [-0.39, 0.29) is 0 Å². The number of halogens is 1. The maximum Gasteiger partial charge on any atom is 0.248 e. The van der Waals surface area contributed by atoms with Crippen molar-refractivity contribution < 1.29 is 4.52 Å². The van der Waals surface area contributed by atoms with Crippen LogP contribution in [-0.2, 0) is 12.4 Å². The predicted molar refractivity (Wildman–Crippen MR) is 43.0 cm³/mol. The van der Waals surface area contributed by atoms with Crippen LogP contribution < -0.4 is 0 Å². The lowest BCUT2D eigenvalue weighted by atomic mass is 10.5. The lowest BCUT2D eigenvalue weighted by Crippen LogP contribution is -2.05. The minimum atomic E-state index is 0.362. The van der Waals surface area contributed by atoms with E-state index in [9.17, 15) is 0 Å². The number of aromatic nitrogens is 5. The number of hydrogen-bond donors (Lipinski definition) is 0. The molecule has 0 atom stereocenters. The summed E-state index contributed by atoms with van der Waals surface area (Å²) in [6.45, 7) is 0.405. The van der Waals surface area contributed by atoms with E-state index in [1.165, 1.54) is 6.33 Å². The van der Waals surface area contributed by atoms with Crippen molar-refractivity contribution in [3.8, 4) is 0 Å². The zero-order chi connectivity index (χ0) is 9.10. The van der Waals surface area contributed by atoms with E-state index in [1.807, 2.05) is 0 Å². The van der Waals surface area contributed by atoms with Gasteiger partial charge in [-0.05, 0) is 0 Å². The van der Waals surface area contributed by atoms with Gasteiger partial charge in [0.15, 0.2) is 6.33 Å². The molecule has 0 aliphatic rings. The van der Waals surface area contributed by atoms with Crippen LogP contribution >= 0.6 is 11.6 Å². The minimum absolute atomic E-state index is 0.362. The average Bonchev–Trinajstić information content (AvgIpc) is 2.76. The first kappa shape index (κ1) is 8.18. The fourth-order valence-corrected chi connectivity index (χ4v) is 1.12. The van der Waals surface area contributed by atoms with Crippen LogP contribution in [0.25, 0.3) is 0 Å². The molecule has 2 aromatic rings. The smallest absolute Gasteiger partial charge is 0.248 e. The minimum Gasteiger partial charge on any atom is -0.338 e. The number of alkyl halides is 1. The third-order valence-electron chi connectivity index (χ3n) is 1.53. The van der Waals surface area contributed by atoms with E-state index < -0.39 is 0 Å². The highest BCUT2D eigenvalue weighted by Gasteiger charge is 2.06. The first-order chi connectivity index (χ1) is 6.40. The van der Waals surface area contributed by atoms with Crippen molar-refractivity contribution in [2.45, 2.75) is 12.4 Å². The third kappa shape index (κ3) is 1.67. The highest BCUT2D eigenvalue weighted by atomic mass is 35.5. The maximum absolute atomic E-state index is 5.65. The number of hydrogen-bond acceptors (Lipinski definition) is 5. The van der Waals surface area contributed by atoms with E-state index in [0.717, 1.165) is 5.69 Å².